The molecule has 0 radical (unpaired) electrons. The largest absolute Gasteiger partial charge is 0.356 e. The van der Waals surface area contributed by atoms with Gasteiger partial charge in [0.2, 0.25) is 17.7 Å². The minimum atomic E-state index is -1.17. The molecule has 1 saturated carbocycles. The van der Waals surface area contributed by atoms with Gasteiger partial charge >= 0.3 is 0 Å². The van der Waals surface area contributed by atoms with Crippen LogP contribution in [0.1, 0.15) is 58.8 Å². The van der Waals surface area contributed by atoms with E-state index >= 15 is 0 Å². The van der Waals surface area contributed by atoms with Crippen molar-refractivity contribution in [3.63, 3.8) is 0 Å². The van der Waals surface area contributed by atoms with Crippen molar-refractivity contribution in [3.8, 4) is 0 Å². The normalized spacial score (nSPS) is 33.2. The molecule has 3 amide bonds. The third kappa shape index (κ3) is 4.13. The van der Waals surface area contributed by atoms with E-state index in [1.165, 1.54) is 6.42 Å². The summed E-state index contributed by atoms with van der Waals surface area (Å²) in [5.74, 6) is -2.30. The summed E-state index contributed by atoms with van der Waals surface area (Å²) in [4.78, 5) is 42.9. The molecule has 2 saturated heterocycles. The quantitative estimate of drug-likeness (QED) is 0.496. The van der Waals surface area contributed by atoms with Crippen molar-refractivity contribution in [2.24, 2.45) is 11.8 Å². The van der Waals surface area contributed by atoms with Crippen molar-refractivity contribution in [3.05, 3.63) is 40.4 Å². The Bertz CT molecular complexity index is 1100. The van der Waals surface area contributed by atoms with Crippen LogP contribution in [0.25, 0.3) is 0 Å². The van der Waals surface area contributed by atoms with Gasteiger partial charge in [0.15, 0.2) is 0 Å². The molecule has 5 rings (SSSR count). The lowest BCUT2D eigenvalue weighted by molar-refractivity contribution is -0.144. The van der Waals surface area contributed by atoms with Crippen LogP contribution >= 0.6 is 23.2 Å². The van der Waals surface area contributed by atoms with Crippen LogP contribution in [0.2, 0.25) is 10.0 Å². The first-order chi connectivity index (χ1) is 17.2. The van der Waals surface area contributed by atoms with Gasteiger partial charge in [-0.3, -0.25) is 14.4 Å². The Kier molecular flexibility index (Phi) is 6.85. The lowest BCUT2D eigenvalue weighted by atomic mass is 9.70. The van der Waals surface area contributed by atoms with Gasteiger partial charge in [-0.2, -0.15) is 0 Å². The standard InChI is InChI=1S/C27H33Cl2N3O4/c1-3-4-14-32-22(24(34)30-16-8-6-5-7-9-16)27-13-12-26(2,36-27)20(21(27)25(32)35)23(33)31-17-10-11-18(28)19(29)15-17/h10-13,15-16,20-22H,3-9,14H2,1-2H3,(H,30,34)(H,31,33)/t20-,21-,22-,26-,27-/m0/s1. The monoisotopic (exact) mass is 533 g/mol. The molecule has 3 heterocycles. The van der Waals surface area contributed by atoms with Gasteiger partial charge < -0.3 is 20.3 Å². The van der Waals surface area contributed by atoms with Gasteiger partial charge in [0.25, 0.3) is 0 Å². The molecule has 194 valence electrons. The Morgan fingerprint density at radius 2 is 1.86 bits per heavy atom. The number of fused-ring (bicyclic) bond motifs is 1. The van der Waals surface area contributed by atoms with Gasteiger partial charge in [0.1, 0.15) is 11.6 Å². The zero-order chi connectivity index (χ0) is 25.7. The summed E-state index contributed by atoms with van der Waals surface area (Å²) in [7, 11) is 0. The predicted octanol–water partition coefficient (Wildman–Crippen LogP) is 4.72. The maximum atomic E-state index is 13.9. The minimum absolute atomic E-state index is 0.108. The van der Waals surface area contributed by atoms with E-state index in [1.807, 2.05) is 26.0 Å². The van der Waals surface area contributed by atoms with Crippen molar-refractivity contribution in [1.82, 2.24) is 10.2 Å². The highest BCUT2D eigenvalue weighted by atomic mass is 35.5. The van der Waals surface area contributed by atoms with Crippen molar-refractivity contribution >= 4 is 46.6 Å². The highest BCUT2D eigenvalue weighted by Crippen LogP contribution is 2.59. The molecular weight excluding hydrogens is 501 g/mol. The van der Waals surface area contributed by atoms with E-state index in [0.29, 0.717) is 22.3 Å². The van der Waals surface area contributed by atoms with Crippen LogP contribution in [-0.4, -0.2) is 52.5 Å². The number of carbonyl (C=O) groups excluding carboxylic acids is 3. The average Bonchev–Trinajstić information content (AvgIpc) is 3.41. The second-order valence-electron chi connectivity index (χ2n) is 10.7. The van der Waals surface area contributed by atoms with E-state index in [2.05, 4.69) is 10.6 Å². The highest BCUT2D eigenvalue weighted by Gasteiger charge is 2.76. The van der Waals surface area contributed by atoms with Crippen molar-refractivity contribution in [2.45, 2.75) is 82.1 Å². The number of anilines is 1. The second kappa shape index (κ2) is 9.66. The highest BCUT2D eigenvalue weighted by molar-refractivity contribution is 6.42. The molecule has 4 aliphatic rings. The fraction of sp³-hybridized carbons (Fsp3) is 0.593. The molecule has 1 spiro atoms. The van der Waals surface area contributed by atoms with Gasteiger partial charge in [0.05, 0.1) is 27.5 Å². The summed E-state index contributed by atoms with van der Waals surface area (Å²) in [6, 6.07) is 4.16. The Balaban J connectivity index is 1.46. The van der Waals surface area contributed by atoms with E-state index < -0.39 is 29.1 Å². The Morgan fingerprint density at radius 3 is 2.56 bits per heavy atom. The van der Waals surface area contributed by atoms with E-state index in [-0.39, 0.29) is 23.8 Å². The average molecular weight is 534 g/mol. The number of carbonyl (C=O) groups is 3. The molecule has 9 heteroatoms. The first kappa shape index (κ1) is 25.6. The molecule has 1 aromatic rings. The van der Waals surface area contributed by atoms with Crippen LogP contribution in [0.15, 0.2) is 30.4 Å². The number of ether oxygens (including phenoxy) is 1. The number of hydrogen-bond acceptors (Lipinski definition) is 4. The minimum Gasteiger partial charge on any atom is -0.356 e. The number of benzene rings is 1. The summed E-state index contributed by atoms with van der Waals surface area (Å²) in [5, 5.41) is 6.81. The van der Waals surface area contributed by atoms with Crippen LogP contribution in [-0.2, 0) is 19.1 Å². The molecule has 36 heavy (non-hydrogen) atoms. The van der Waals surface area contributed by atoms with Crippen molar-refractivity contribution in [1.29, 1.82) is 0 Å². The predicted molar refractivity (Wildman–Crippen MR) is 139 cm³/mol. The van der Waals surface area contributed by atoms with Gasteiger partial charge in [-0.15, -0.1) is 0 Å². The second-order valence-corrected chi connectivity index (χ2v) is 11.5. The number of rotatable bonds is 7. The Hall–Kier alpha value is -2.09. The maximum Gasteiger partial charge on any atom is 0.246 e. The Labute approximate surface area is 221 Å². The van der Waals surface area contributed by atoms with Crippen LogP contribution < -0.4 is 10.6 Å². The molecular formula is C27H33Cl2N3O4. The van der Waals surface area contributed by atoms with E-state index in [4.69, 9.17) is 27.9 Å². The van der Waals surface area contributed by atoms with Gasteiger partial charge in [-0.1, -0.05) is 68.0 Å². The van der Waals surface area contributed by atoms with E-state index in [9.17, 15) is 14.4 Å². The molecule has 2 N–H and O–H groups in total. The maximum absolute atomic E-state index is 13.9. The fourth-order valence-corrected chi connectivity index (χ4v) is 6.82. The van der Waals surface area contributed by atoms with Crippen LogP contribution in [0.4, 0.5) is 5.69 Å². The summed E-state index contributed by atoms with van der Waals surface area (Å²) >= 11 is 12.2. The van der Waals surface area contributed by atoms with Crippen LogP contribution in [0, 0.1) is 11.8 Å². The number of hydrogen-bond donors (Lipinski definition) is 2. The smallest absolute Gasteiger partial charge is 0.246 e. The third-order valence-electron chi connectivity index (χ3n) is 8.22. The first-order valence-electron chi connectivity index (χ1n) is 13.0. The number of halogens is 2. The number of nitrogens with one attached hydrogen (secondary N) is 2. The van der Waals surface area contributed by atoms with Crippen LogP contribution in [0.5, 0.6) is 0 Å². The molecule has 1 aliphatic carbocycles. The number of amides is 3. The molecule has 0 unspecified atom stereocenters. The lowest BCUT2D eigenvalue weighted by Gasteiger charge is -2.34. The van der Waals surface area contributed by atoms with Crippen molar-refractivity contribution < 1.29 is 19.1 Å². The fourth-order valence-electron chi connectivity index (χ4n) is 6.52. The molecule has 5 atom stereocenters. The number of nitrogens with zero attached hydrogens (tertiary/aromatic N) is 1. The molecule has 1 aromatic carbocycles. The van der Waals surface area contributed by atoms with E-state index in [0.717, 1.165) is 38.5 Å². The lowest BCUT2D eigenvalue weighted by Crippen LogP contribution is -2.56. The third-order valence-corrected chi connectivity index (χ3v) is 8.96. The molecule has 0 aromatic heterocycles. The van der Waals surface area contributed by atoms with Gasteiger partial charge in [-0.25, -0.2) is 0 Å². The van der Waals surface area contributed by atoms with E-state index in [1.54, 1.807) is 23.1 Å². The first-order valence-corrected chi connectivity index (χ1v) is 13.7. The van der Waals surface area contributed by atoms with Crippen molar-refractivity contribution in [2.75, 3.05) is 11.9 Å². The zero-order valence-electron chi connectivity index (χ0n) is 20.7. The molecule has 3 fully saturated rings. The SMILES string of the molecule is CCCCN1C(=O)[C@@H]2[C@@H](C(=O)Nc3ccc(Cl)c(Cl)c3)[C@]3(C)C=C[C@@]2(O3)[C@@H]1C(=O)NC1CCCCC1. The molecule has 7 nitrogen and oxygen atoms in total. The summed E-state index contributed by atoms with van der Waals surface area (Å²) < 4.78 is 6.55. The molecule has 2 bridgehead atoms. The summed E-state index contributed by atoms with van der Waals surface area (Å²) in [5.41, 5.74) is -1.68. The van der Waals surface area contributed by atoms with Gasteiger partial charge in [-0.05, 0) is 44.4 Å². The molecule has 3 aliphatic heterocycles. The number of likely N-dealkylation sites (tertiary alicyclic amines) is 1. The Morgan fingerprint density at radius 1 is 1.11 bits per heavy atom. The summed E-state index contributed by atoms with van der Waals surface area (Å²) in [6.45, 7) is 4.31. The summed E-state index contributed by atoms with van der Waals surface area (Å²) in [6.07, 6.45) is 10.6. The van der Waals surface area contributed by atoms with Crippen LogP contribution in [0.3, 0.4) is 0 Å². The zero-order valence-corrected chi connectivity index (χ0v) is 22.2. The van der Waals surface area contributed by atoms with Gasteiger partial charge in [0, 0.05) is 18.3 Å². The topological polar surface area (TPSA) is 87.7 Å². The number of unbranched alkanes of at least 4 members (excludes halogenated alkanes) is 1.